The van der Waals surface area contributed by atoms with Crippen LogP contribution in [-0.2, 0) is 15.4 Å². The topological polar surface area (TPSA) is 46.2 Å². The fourth-order valence-corrected chi connectivity index (χ4v) is 3.00. The number of benzene rings is 2. The van der Waals surface area contributed by atoms with Crippen molar-refractivity contribution in [1.29, 1.82) is 0 Å². The first-order valence-corrected chi connectivity index (χ1v) is 8.17. The molecule has 0 atom stereocenters. The number of halogens is 2. The molecule has 2 aromatic carbocycles. The Hall–Kier alpha value is -1.95. The van der Waals surface area contributed by atoms with Crippen molar-refractivity contribution in [3.05, 3.63) is 59.7 Å². The van der Waals surface area contributed by atoms with Crippen LogP contribution in [0.4, 0.5) is 14.5 Å². The van der Waals surface area contributed by atoms with E-state index in [9.17, 15) is 17.2 Å². The molecule has 0 unspecified atom stereocenters. The molecule has 0 aromatic heterocycles. The van der Waals surface area contributed by atoms with E-state index >= 15 is 0 Å². The lowest BCUT2D eigenvalue weighted by Gasteiger charge is -2.19. The SMILES string of the molecule is CC(C)(C)c1ccc(S(=O)(=O)Nc2c(F)cccc2F)cc1. The third kappa shape index (κ3) is 3.44. The standard InChI is InChI=1S/C16H17F2NO2S/c1-16(2,3)11-7-9-12(10-8-11)22(20,21)19-15-13(17)5-4-6-14(15)18/h4-10,19H,1-3H3. The molecule has 0 fully saturated rings. The minimum atomic E-state index is -4.05. The summed E-state index contributed by atoms with van der Waals surface area (Å²) in [5, 5.41) is 0. The Morgan fingerprint density at radius 1 is 0.909 bits per heavy atom. The monoisotopic (exact) mass is 325 g/mol. The van der Waals surface area contributed by atoms with Crippen LogP contribution >= 0.6 is 0 Å². The highest BCUT2D eigenvalue weighted by Gasteiger charge is 2.20. The maximum Gasteiger partial charge on any atom is 0.262 e. The van der Waals surface area contributed by atoms with Crippen LogP contribution in [0.2, 0.25) is 0 Å². The molecule has 22 heavy (non-hydrogen) atoms. The van der Waals surface area contributed by atoms with Gasteiger partial charge in [0.05, 0.1) is 4.90 Å². The zero-order valence-corrected chi connectivity index (χ0v) is 13.3. The average molecular weight is 325 g/mol. The van der Waals surface area contributed by atoms with Crippen molar-refractivity contribution in [1.82, 2.24) is 0 Å². The molecule has 1 N–H and O–H groups in total. The fourth-order valence-electron chi connectivity index (χ4n) is 1.92. The highest BCUT2D eigenvalue weighted by atomic mass is 32.2. The third-order valence-corrected chi connectivity index (χ3v) is 4.60. The second kappa shape index (κ2) is 5.68. The minimum absolute atomic E-state index is 0.0526. The van der Waals surface area contributed by atoms with E-state index < -0.39 is 27.3 Å². The van der Waals surface area contributed by atoms with E-state index in [0.29, 0.717) is 0 Å². The lowest BCUT2D eigenvalue weighted by Crippen LogP contribution is -2.16. The Morgan fingerprint density at radius 2 is 1.41 bits per heavy atom. The van der Waals surface area contributed by atoms with E-state index in [1.807, 2.05) is 25.5 Å². The summed E-state index contributed by atoms with van der Waals surface area (Å²) >= 11 is 0. The summed E-state index contributed by atoms with van der Waals surface area (Å²) in [6.45, 7) is 6.01. The normalized spacial score (nSPS) is 12.2. The van der Waals surface area contributed by atoms with E-state index in [0.717, 1.165) is 17.7 Å². The molecule has 0 spiro atoms. The predicted octanol–water partition coefficient (Wildman–Crippen LogP) is 4.06. The fraction of sp³-hybridized carbons (Fsp3) is 0.250. The number of sulfonamides is 1. The first-order chi connectivity index (χ1) is 10.1. The highest BCUT2D eigenvalue weighted by Crippen LogP contribution is 2.25. The summed E-state index contributed by atoms with van der Waals surface area (Å²) in [5.41, 5.74) is 0.166. The molecule has 0 bridgehead atoms. The molecule has 0 aliphatic rings. The smallest absolute Gasteiger partial charge is 0.262 e. The van der Waals surface area contributed by atoms with Crippen molar-refractivity contribution in [3.63, 3.8) is 0 Å². The van der Waals surface area contributed by atoms with Gasteiger partial charge in [0.25, 0.3) is 10.0 Å². The van der Waals surface area contributed by atoms with Crippen LogP contribution in [0.25, 0.3) is 0 Å². The van der Waals surface area contributed by atoms with E-state index in [4.69, 9.17) is 0 Å². The summed E-state index contributed by atoms with van der Waals surface area (Å²) in [6, 6.07) is 9.36. The zero-order chi connectivity index (χ0) is 16.5. The van der Waals surface area contributed by atoms with Crippen LogP contribution in [0.3, 0.4) is 0 Å². The van der Waals surface area contributed by atoms with Crippen molar-refractivity contribution in [3.8, 4) is 0 Å². The lowest BCUT2D eigenvalue weighted by molar-refractivity contribution is 0.581. The molecule has 2 aromatic rings. The molecule has 3 nitrogen and oxygen atoms in total. The van der Waals surface area contributed by atoms with Crippen molar-refractivity contribution in [2.24, 2.45) is 0 Å². The van der Waals surface area contributed by atoms with Gasteiger partial charge in [0, 0.05) is 0 Å². The Bertz CT molecular complexity index is 759. The molecule has 0 aliphatic carbocycles. The van der Waals surface area contributed by atoms with Crippen molar-refractivity contribution in [2.45, 2.75) is 31.1 Å². The number of anilines is 1. The van der Waals surface area contributed by atoms with E-state index in [2.05, 4.69) is 0 Å². The summed E-state index contributed by atoms with van der Waals surface area (Å²) in [4.78, 5) is -0.0526. The maximum atomic E-state index is 13.5. The third-order valence-electron chi connectivity index (χ3n) is 3.23. The molecule has 6 heteroatoms. The van der Waals surface area contributed by atoms with E-state index in [-0.39, 0.29) is 10.3 Å². The van der Waals surface area contributed by atoms with Crippen LogP contribution in [-0.4, -0.2) is 8.42 Å². The number of para-hydroxylation sites is 1. The molecular weight excluding hydrogens is 308 g/mol. The van der Waals surface area contributed by atoms with Gasteiger partial charge in [-0.3, -0.25) is 4.72 Å². The summed E-state index contributed by atoms with van der Waals surface area (Å²) in [5.74, 6) is -1.93. The van der Waals surface area contributed by atoms with E-state index in [1.165, 1.54) is 18.2 Å². The summed E-state index contributed by atoms with van der Waals surface area (Å²) in [7, 11) is -4.05. The minimum Gasteiger partial charge on any atom is -0.274 e. The second-order valence-corrected chi connectivity index (χ2v) is 7.66. The Kier molecular flexibility index (Phi) is 4.24. The van der Waals surface area contributed by atoms with Gasteiger partial charge in [-0.25, -0.2) is 17.2 Å². The number of nitrogens with one attached hydrogen (secondary N) is 1. The Labute approximate surface area is 129 Å². The van der Waals surface area contributed by atoms with Crippen molar-refractivity contribution >= 4 is 15.7 Å². The molecule has 118 valence electrons. The second-order valence-electron chi connectivity index (χ2n) is 5.98. The van der Waals surface area contributed by atoms with Gasteiger partial charge in [-0.2, -0.15) is 0 Å². The zero-order valence-electron chi connectivity index (χ0n) is 12.5. The van der Waals surface area contributed by atoms with Crippen molar-refractivity contribution in [2.75, 3.05) is 4.72 Å². The molecular formula is C16H17F2NO2S. The first kappa shape index (κ1) is 16.4. The largest absolute Gasteiger partial charge is 0.274 e. The predicted molar refractivity (Wildman–Crippen MR) is 82.3 cm³/mol. The van der Waals surface area contributed by atoms with Crippen molar-refractivity contribution < 1.29 is 17.2 Å². The van der Waals surface area contributed by atoms with Gasteiger partial charge in [-0.15, -0.1) is 0 Å². The average Bonchev–Trinajstić information content (AvgIpc) is 2.42. The molecule has 0 saturated carbocycles. The summed E-state index contributed by atoms with van der Waals surface area (Å²) < 4.78 is 53.5. The van der Waals surface area contributed by atoms with Crippen LogP contribution in [0.1, 0.15) is 26.3 Å². The molecule has 0 heterocycles. The van der Waals surface area contributed by atoms with Gasteiger partial charge >= 0.3 is 0 Å². The van der Waals surface area contributed by atoms with Crippen LogP contribution in [0.15, 0.2) is 47.4 Å². The van der Waals surface area contributed by atoms with Crippen LogP contribution < -0.4 is 4.72 Å². The lowest BCUT2D eigenvalue weighted by atomic mass is 9.87. The number of hydrogen-bond acceptors (Lipinski definition) is 2. The molecule has 0 saturated heterocycles. The van der Waals surface area contributed by atoms with Gasteiger partial charge in [-0.1, -0.05) is 39.0 Å². The van der Waals surface area contributed by atoms with Gasteiger partial charge in [0.15, 0.2) is 0 Å². The van der Waals surface area contributed by atoms with E-state index in [1.54, 1.807) is 12.1 Å². The number of hydrogen-bond donors (Lipinski definition) is 1. The van der Waals surface area contributed by atoms with Gasteiger partial charge < -0.3 is 0 Å². The first-order valence-electron chi connectivity index (χ1n) is 6.68. The van der Waals surface area contributed by atoms with Gasteiger partial charge in [0.1, 0.15) is 17.3 Å². The van der Waals surface area contributed by atoms with Gasteiger partial charge in [0.2, 0.25) is 0 Å². The summed E-state index contributed by atoms with van der Waals surface area (Å²) in [6.07, 6.45) is 0. The van der Waals surface area contributed by atoms with Crippen LogP contribution in [0, 0.1) is 11.6 Å². The molecule has 2 rings (SSSR count). The Morgan fingerprint density at radius 3 is 1.86 bits per heavy atom. The highest BCUT2D eigenvalue weighted by molar-refractivity contribution is 7.92. The van der Waals surface area contributed by atoms with Crippen LogP contribution in [0.5, 0.6) is 0 Å². The Balaban J connectivity index is 2.35. The molecule has 0 amide bonds. The number of rotatable bonds is 3. The molecule has 0 radical (unpaired) electrons. The quantitative estimate of drug-likeness (QED) is 0.925. The maximum absolute atomic E-state index is 13.5. The molecule has 0 aliphatic heterocycles. The van der Waals surface area contributed by atoms with Gasteiger partial charge in [-0.05, 0) is 35.2 Å².